The maximum absolute atomic E-state index is 12.3. The van der Waals surface area contributed by atoms with E-state index in [0.717, 1.165) is 18.4 Å². The fourth-order valence-corrected chi connectivity index (χ4v) is 4.04. The Morgan fingerprint density at radius 2 is 2.00 bits per heavy atom. The van der Waals surface area contributed by atoms with Gasteiger partial charge in [-0.2, -0.15) is 0 Å². The highest BCUT2D eigenvalue weighted by atomic mass is 16.6. The number of carbonyl (C=O) groups is 2. The number of alkyl carbamates (subject to hydrolysis) is 1. The maximum atomic E-state index is 12.3. The van der Waals surface area contributed by atoms with Gasteiger partial charge in [0.25, 0.3) is 0 Å². The zero-order chi connectivity index (χ0) is 25.1. The van der Waals surface area contributed by atoms with Gasteiger partial charge in [0.15, 0.2) is 11.5 Å². The molecule has 1 aliphatic heterocycles. The van der Waals surface area contributed by atoms with E-state index >= 15 is 0 Å². The highest BCUT2D eigenvalue weighted by Crippen LogP contribution is 2.32. The maximum Gasteiger partial charge on any atom is 0.412 e. The molecular formula is C26H39NO7. The van der Waals surface area contributed by atoms with Crippen LogP contribution in [0.1, 0.15) is 52.0 Å². The molecule has 0 radical (unpaired) electrons. The predicted molar refractivity (Wildman–Crippen MR) is 129 cm³/mol. The van der Waals surface area contributed by atoms with Crippen molar-refractivity contribution < 1.29 is 33.3 Å². The van der Waals surface area contributed by atoms with Gasteiger partial charge in [0, 0.05) is 26.6 Å². The second-order valence-electron chi connectivity index (χ2n) is 9.03. The van der Waals surface area contributed by atoms with Gasteiger partial charge in [0.2, 0.25) is 0 Å². The molecule has 1 heterocycles. The normalized spacial score (nSPS) is 17.1. The molecule has 8 nitrogen and oxygen atoms in total. The van der Waals surface area contributed by atoms with Crippen molar-refractivity contribution in [3.05, 3.63) is 36.1 Å². The molecule has 34 heavy (non-hydrogen) atoms. The number of cyclic esters (lactones) is 1. The first-order chi connectivity index (χ1) is 16.2. The van der Waals surface area contributed by atoms with E-state index in [9.17, 15) is 9.59 Å². The van der Waals surface area contributed by atoms with E-state index in [0.29, 0.717) is 55.7 Å². The van der Waals surface area contributed by atoms with E-state index in [1.807, 2.05) is 18.2 Å². The van der Waals surface area contributed by atoms with Gasteiger partial charge in [-0.15, -0.1) is 0 Å². The molecule has 0 saturated carbocycles. The molecule has 0 bridgehead atoms. The van der Waals surface area contributed by atoms with Crippen molar-refractivity contribution in [2.45, 2.75) is 65.0 Å². The number of hydrogen-bond donors (Lipinski definition) is 1. The van der Waals surface area contributed by atoms with Crippen LogP contribution in [0.3, 0.4) is 0 Å². The average Bonchev–Trinajstić information content (AvgIpc) is 3.21. The lowest BCUT2D eigenvalue weighted by Gasteiger charge is -2.30. The summed E-state index contributed by atoms with van der Waals surface area (Å²) in [7, 11) is 3.29. The summed E-state index contributed by atoms with van der Waals surface area (Å²) in [5, 5.41) is 2.90. The van der Waals surface area contributed by atoms with Crippen molar-refractivity contribution in [2.75, 3.05) is 27.4 Å². The first-order valence-electron chi connectivity index (χ1n) is 11.9. The van der Waals surface area contributed by atoms with Gasteiger partial charge < -0.3 is 29.0 Å². The van der Waals surface area contributed by atoms with E-state index in [1.165, 1.54) is 0 Å². The first kappa shape index (κ1) is 27.5. The van der Waals surface area contributed by atoms with Crippen molar-refractivity contribution in [3.63, 3.8) is 0 Å². The Morgan fingerprint density at radius 1 is 1.24 bits per heavy atom. The molecule has 1 aliphatic rings. The molecule has 2 rings (SSSR count). The van der Waals surface area contributed by atoms with Crippen LogP contribution in [0.15, 0.2) is 30.5 Å². The lowest BCUT2D eigenvalue weighted by Crippen LogP contribution is -2.45. The van der Waals surface area contributed by atoms with Gasteiger partial charge in [0.1, 0.15) is 6.10 Å². The van der Waals surface area contributed by atoms with Crippen molar-refractivity contribution in [1.82, 2.24) is 5.32 Å². The molecule has 190 valence electrons. The molecular weight excluding hydrogens is 438 g/mol. The van der Waals surface area contributed by atoms with Gasteiger partial charge in [-0.1, -0.05) is 26.5 Å². The number of ether oxygens (including phenoxy) is 5. The van der Waals surface area contributed by atoms with Gasteiger partial charge >= 0.3 is 12.1 Å². The second-order valence-corrected chi connectivity index (χ2v) is 9.03. The van der Waals surface area contributed by atoms with Crippen molar-refractivity contribution in [3.8, 4) is 11.5 Å². The Bertz CT molecular complexity index is 823. The zero-order valence-electron chi connectivity index (χ0n) is 21.1. The Hall–Kier alpha value is -2.74. The summed E-state index contributed by atoms with van der Waals surface area (Å²) in [4.78, 5) is 24.0. The Labute approximate surface area is 202 Å². The summed E-state index contributed by atoms with van der Waals surface area (Å²) >= 11 is 0. The highest BCUT2D eigenvalue weighted by Gasteiger charge is 2.35. The van der Waals surface area contributed by atoms with Crippen LogP contribution < -0.4 is 14.8 Å². The van der Waals surface area contributed by atoms with Gasteiger partial charge in [0.05, 0.1) is 25.5 Å². The first-order valence-corrected chi connectivity index (χ1v) is 11.9. The fraction of sp³-hybridized carbons (Fsp3) is 0.615. The van der Waals surface area contributed by atoms with Crippen LogP contribution in [-0.2, 0) is 25.4 Å². The van der Waals surface area contributed by atoms with E-state index in [2.05, 4.69) is 25.7 Å². The van der Waals surface area contributed by atoms with Crippen LogP contribution in [0.2, 0.25) is 0 Å². The molecule has 1 aromatic carbocycles. The van der Waals surface area contributed by atoms with Gasteiger partial charge in [-0.05, 0) is 55.7 Å². The number of methoxy groups -OCH3 is 2. The molecule has 3 atom stereocenters. The van der Waals surface area contributed by atoms with E-state index in [4.69, 9.17) is 23.7 Å². The summed E-state index contributed by atoms with van der Waals surface area (Å²) in [5.74, 6) is 1.98. The van der Waals surface area contributed by atoms with Crippen LogP contribution in [0.4, 0.5) is 4.79 Å². The molecule has 1 N–H and O–H groups in total. The summed E-state index contributed by atoms with van der Waals surface area (Å²) in [6, 6.07) is 5.60. The topological polar surface area (TPSA) is 92.3 Å². The van der Waals surface area contributed by atoms with Crippen molar-refractivity contribution in [1.29, 1.82) is 0 Å². The number of allylic oxidation sites excluding steroid dienone is 1. The third kappa shape index (κ3) is 8.89. The number of rotatable bonds is 14. The minimum atomic E-state index is -0.584. The molecule has 0 aliphatic carbocycles. The third-order valence-electron chi connectivity index (χ3n) is 5.91. The van der Waals surface area contributed by atoms with E-state index in [-0.39, 0.29) is 24.0 Å². The number of amides is 1. The number of carbonyl (C=O) groups excluding carboxylic acids is 2. The molecule has 8 heteroatoms. The van der Waals surface area contributed by atoms with Crippen molar-refractivity contribution in [2.24, 2.45) is 11.8 Å². The van der Waals surface area contributed by atoms with Crippen molar-refractivity contribution >= 4 is 12.1 Å². The number of benzene rings is 1. The van der Waals surface area contributed by atoms with E-state index in [1.54, 1.807) is 21.1 Å². The van der Waals surface area contributed by atoms with Crippen LogP contribution in [-0.4, -0.2) is 51.6 Å². The smallest absolute Gasteiger partial charge is 0.412 e. The molecule has 1 saturated heterocycles. The van der Waals surface area contributed by atoms with Crippen LogP contribution in [0.25, 0.3) is 0 Å². The molecule has 0 aromatic heterocycles. The van der Waals surface area contributed by atoms with E-state index < -0.39 is 6.09 Å². The minimum Gasteiger partial charge on any atom is -0.493 e. The number of esters is 1. The molecule has 0 spiro atoms. The zero-order valence-corrected chi connectivity index (χ0v) is 21.1. The molecule has 1 aromatic rings. The molecule has 1 amide bonds. The fourth-order valence-electron chi connectivity index (χ4n) is 4.04. The minimum absolute atomic E-state index is 0.212. The van der Waals surface area contributed by atoms with Gasteiger partial charge in [-0.3, -0.25) is 4.79 Å². The Kier molecular flexibility index (Phi) is 11.2. The number of hydrogen-bond acceptors (Lipinski definition) is 7. The lowest BCUT2D eigenvalue weighted by molar-refractivity contribution is -0.142. The second kappa shape index (κ2) is 13.8. The highest BCUT2D eigenvalue weighted by molar-refractivity contribution is 5.72. The summed E-state index contributed by atoms with van der Waals surface area (Å²) in [5.41, 5.74) is 1.10. The molecule has 1 fully saturated rings. The Balaban J connectivity index is 2.15. The summed E-state index contributed by atoms with van der Waals surface area (Å²) in [6.45, 7) is 10.7. The largest absolute Gasteiger partial charge is 0.493 e. The quantitative estimate of drug-likeness (QED) is 0.237. The summed E-state index contributed by atoms with van der Waals surface area (Å²) in [6.07, 6.45) is 2.16. The Morgan fingerprint density at radius 3 is 2.59 bits per heavy atom. The van der Waals surface area contributed by atoms with Crippen LogP contribution >= 0.6 is 0 Å². The third-order valence-corrected chi connectivity index (χ3v) is 5.91. The molecule has 0 unspecified atom stereocenters. The standard InChI is InChI=1S/C26H39NO7/c1-17(2)20(14-19-8-9-23(31-6)24(15-19)32-13-7-12-30-5)16-21(22-10-11-25(28)34-22)27-26(29)33-18(3)4/h8-9,15,17,20-22H,3,7,10-14,16H2,1-2,4-6H3,(H,27,29)/t20-,21-,22-/m0/s1. The average molecular weight is 478 g/mol. The van der Waals surface area contributed by atoms with Gasteiger partial charge in [-0.25, -0.2) is 4.79 Å². The number of nitrogens with one attached hydrogen (secondary N) is 1. The predicted octanol–water partition coefficient (Wildman–Crippen LogP) is 4.65. The lowest BCUT2D eigenvalue weighted by atomic mass is 9.82. The SMILES string of the molecule is C=C(C)OC(=O)N[C@@H](C[C@H](Cc1ccc(OC)c(OCCCOC)c1)C(C)C)[C@@H]1CCC(=O)O1. The summed E-state index contributed by atoms with van der Waals surface area (Å²) < 4.78 is 27.1. The monoisotopic (exact) mass is 477 g/mol. The van der Waals surface area contributed by atoms with Crippen LogP contribution in [0.5, 0.6) is 11.5 Å². The van der Waals surface area contributed by atoms with Crippen LogP contribution in [0, 0.1) is 11.8 Å².